The molecule has 0 spiro atoms. The van der Waals surface area contributed by atoms with Gasteiger partial charge in [-0.1, -0.05) is 48.5 Å². The Bertz CT molecular complexity index is 1150. The van der Waals surface area contributed by atoms with E-state index in [9.17, 15) is 8.42 Å². The minimum Gasteiger partial charge on any atom is -0.276 e. The number of nitrogens with zero attached hydrogens (tertiary/aromatic N) is 4. The largest absolute Gasteiger partial charge is 0.276 e. The summed E-state index contributed by atoms with van der Waals surface area (Å²) < 4.78 is 28.4. The summed E-state index contributed by atoms with van der Waals surface area (Å²) in [5, 5.41) is 4.51. The molecule has 8 heteroatoms. The minimum atomic E-state index is -2.98. The third kappa shape index (κ3) is 4.49. The van der Waals surface area contributed by atoms with Crippen LogP contribution in [0.15, 0.2) is 60.9 Å². The summed E-state index contributed by atoms with van der Waals surface area (Å²) in [6.45, 7) is 3.15. The van der Waals surface area contributed by atoms with Gasteiger partial charge in [0.2, 0.25) is 4.77 Å². The van der Waals surface area contributed by atoms with E-state index < -0.39 is 9.84 Å². The summed E-state index contributed by atoms with van der Waals surface area (Å²) >= 11 is 5.69. The van der Waals surface area contributed by atoms with Crippen LogP contribution in [0.2, 0.25) is 0 Å². The molecule has 2 aromatic carbocycles. The number of aryl methyl sites for hydroxylation is 1. The Morgan fingerprint density at radius 1 is 1.14 bits per heavy atom. The molecule has 1 fully saturated rings. The molecule has 1 aliphatic heterocycles. The van der Waals surface area contributed by atoms with Crippen molar-refractivity contribution in [3.8, 4) is 5.69 Å². The standard InChI is InChI=1S/C21H24N4O2S2/c1-17-7-5-6-10-20(17)24-15-22-25(21(24)28)16-23(13-18-8-3-2-4-9-18)19-11-12-29(26,27)14-19/h2-10,15,19H,11-14,16H2,1H3/t19-/m1/s1. The fourth-order valence-corrected chi connectivity index (χ4v) is 5.79. The topological polar surface area (TPSA) is 60.1 Å². The number of hydrogen-bond donors (Lipinski definition) is 0. The third-order valence-electron chi connectivity index (χ3n) is 5.38. The lowest BCUT2D eigenvalue weighted by Gasteiger charge is -2.27. The lowest BCUT2D eigenvalue weighted by atomic mass is 10.1. The van der Waals surface area contributed by atoms with E-state index in [1.165, 1.54) is 0 Å². The van der Waals surface area contributed by atoms with E-state index in [-0.39, 0.29) is 17.5 Å². The van der Waals surface area contributed by atoms with Crippen LogP contribution in [0.4, 0.5) is 0 Å². The summed E-state index contributed by atoms with van der Waals surface area (Å²) in [4.78, 5) is 2.17. The van der Waals surface area contributed by atoms with E-state index >= 15 is 0 Å². The Labute approximate surface area is 176 Å². The number of benzene rings is 2. The second-order valence-corrected chi connectivity index (χ2v) is 10.1. The van der Waals surface area contributed by atoms with Crippen LogP contribution in [0.3, 0.4) is 0 Å². The Hall–Kier alpha value is -2.29. The molecule has 0 amide bonds. The molecule has 152 valence electrons. The molecule has 1 aromatic heterocycles. The summed E-state index contributed by atoms with van der Waals surface area (Å²) in [6, 6.07) is 18.1. The number of sulfone groups is 1. The minimum absolute atomic E-state index is 0.0364. The van der Waals surface area contributed by atoms with Gasteiger partial charge in [-0.3, -0.25) is 9.47 Å². The maximum atomic E-state index is 12.1. The predicted octanol–water partition coefficient (Wildman–Crippen LogP) is 3.36. The predicted molar refractivity (Wildman–Crippen MR) is 116 cm³/mol. The Morgan fingerprint density at radius 2 is 1.86 bits per heavy atom. The summed E-state index contributed by atoms with van der Waals surface area (Å²) in [5.41, 5.74) is 3.26. The molecule has 3 aromatic rings. The van der Waals surface area contributed by atoms with Gasteiger partial charge in [0, 0.05) is 12.6 Å². The zero-order valence-corrected chi connectivity index (χ0v) is 17.9. The number of hydrogen-bond acceptors (Lipinski definition) is 5. The van der Waals surface area contributed by atoms with E-state index in [1.54, 1.807) is 11.0 Å². The number of aromatic nitrogens is 3. The molecule has 0 saturated carbocycles. The van der Waals surface area contributed by atoms with Gasteiger partial charge in [-0.25, -0.2) is 13.1 Å². The first-order valence-corrected chi connectivity index (χ1v) is 11.8. The van der Waals surface area contributed by atoms with Crippen LogP contribution in [0.1, 0.15) is 17.5 Å². The second-order valence-electron chi connectivity index (χ2n) is 7.50. The van der Waals surface area contributed by atoms with Crippen molar-refractivity contribution >= 4 is 22.1 Å². The van der Waals surface area contributed by atoms with E-state index in [2.05, 4.69) is 22.1 Å². The molecule has 1 aliphatic rings. The molecule has 1 atom stereocenters. The van der Waals surface area contributed by atoms with Crippen molar-refractivity contribution in [1.82, 2.24) is 19.2 Å². The zero-order valence-electron chi connectivity index (χ0n) is 16.3. The van der Waals surface area contributed by atoms with Crippen LogP contribution in [-0.2, 0) is 23.1 Å². The number of para-hydroxylation sites is 1. The monoisotopic (exact) mass is 428 g/mol. The van der Waals surface area contributed by atoms with Crippen molar-refractivity contribution < 1.29 is 8.42 Å². The highest BCUT2D eigenvalue weighted by Gasteiger charge is 2.32. The first kappa shape index (κ1) is 20.0. The molecule has 29 heavy (non-hydrogen) atoms. The smallest absolute Gasteiger partial charge is 0.203 e. The fourth-order valence-electron chi connectivity index (χ4n) is 3.78. The van der Waals surface area contributed by atoms with E-state index in [4.69, 9.17) is 12.2 Å². The average Bonchev–Trinajstić information content (AvgIpc) is 3.25. The van der Waals surface area contributed by atoms with Crippen LogP contribution >= 0.6 is 12.2 Å². The lowest BCUT2D eigenvalue weighted by molar-refractivity contribution is 0.146. The third-order valence-corrected chi connectivity index (χ3v) is 7.54. The molecule has 0 unspecified atom stereocenters. The molecule has 0 N–H and O–H groups in total. The SMILES string of the molecule is Cc1ccccc1-n1cnn(CN(Cc2ccccc2)[C@@H]2CCS(=O)(=O)C2)c1=S. The Balaban J connectivity index is 1.63. The Kier molecular flexibility index (Phi) is 5.67. The molecule has 1 saturated heterocycles. The fraction of sp³-hybridized carbons (Fsp3) is 0.333. The van der Waals surface area contributed by atoms with Gasteiger partial charge in [-0.2, -0.15) is 5.10 Å². The summed E-state index contributed by atoms with van der Waals surface area (Å²) in [6.07, 6.45) is 2.37. The maximum absolute atomic E-state index is 12.1. The van der Waals surface area contributed by atoms with Gasteiger partial charge in [-0.15, -0.1) is 0 Å². The summed E-state index contributed by atoms with van der Waals surface area (Å²) in [7, 11) is -2.98. The van der Waals surface area contributed by atoms with Gasteiger partial charge in [0.1, 0.15) is 6.33 Å². The lowest BCUT2D eigenvalue weighted by Crippen LogP contribution is -2.37. The van der Waals surface area contributed by atoms with Gasteiger partial charge in [-0.05, 0) is 42.8 Å². The van der Waals surface area contributed by atoms with E-state index in [1.807, 2.05) is 54.0 Å². The van der Waals surface area contributed by atoms with Crippen LogP contribution in [0.5, 0.6) is 0 Å². The Morgan fingerprint density at radius 3 is 2.55 bits per heavy atom. The van der Waals surface area contributed by atoms with Crippen molar-refractivity contribution in [1.29, 1.82) is 0 Å². The van der Waals surface area contributed by atoms with Crippen molar-refractivity contribution in [2.75, 3.05) is 11.5 Å². The van der Waals surface area contributed by atoms with Crippen molar-refractivity contribution in [3.05, 3.63) is 76.8 Å². The van der Waals surface area contributed by atoms with Crippen molar-refractivity contribution in [2.45, 2.75) is 32.6 Å². The van der Waals surface area contributed by atoms with Gasteiger partial charge in [0.15, 0.2) is 9.84 Å². The average molecular weight is 429 g/mol. The van der Waals surface area contributed by atoms with Crippen LogP contribution < -0.4 is 0 Å². The highest BCUT2D eigenvalue weighted by atomic mass is 32.2. The molecular weight excluding hydrogens is 404 g/mol. The normalized spacial score (nSPS) is 18.3. The van der Waals surface area contributed by atoms with Gasteiger partial charge in [0.05, 0.1) is 23.9 Å². The zero-order chi connectivity index (χ0) is 20.4. The number of rotatable bonds is 6. The van der Waals surface area contributed by atoms with Crippen molar-refractivity contribution in [2.24, 2.45) is 0 Å². The molecule has 6 nitrogen and oxygen atoms in total. The van der Waals surface area contributed by atoms with E-state index in [0.717, 1.165) is 16.8 Å². The first-order valence-electron chi connectivity index (χ1n) is 9.62. The molecule has 4 rings (SSSR count). The van der Waals surface area contributed by atoms with Crippen LogP contribution in [0, 0.1) is 11.7 Å². The summed E-state index contributed by atoms with van der Waals surface area (Å²) in [5.74, 6) is 0.428. The quantitative estimate of drug-likeness (QED) is 0.564. The van der Waals surface area contributed by atoms with E-state index in [0.29, 0.717) is 24.4 Å². The van der Waals surface area contributed by atoms with Gasteiger partial charge >= 0.3 is 0 Å². The highest BCUT2D eigenvalue weighted by Crippen LogP contribution is 2.21. The molecule has 2 heterocycles. The second kappa shape index (κ2) is 8.22. The maximum Gasteiger partial charge on any atom is 0.203 e. The molecule has 0 aliphatic carbocycles. The van der Waals surface area contributed by atoms with Crippen LogP contribution in [0.25, 0.3) is 5.69 Å². The molecule has 0 radical (unpaired) electrons. The van der Waals surface area contributed by atoms with Gasteiger partial charge < -0.3 is 0 Å². The van der Waals surface area contributed by atoms with Gasteiger partial charge in [0.25, 0.3) is 0 Å². The molecule has 0 bridgehead atoms. The van der Waals surface area contributed by atoms with Crippen LogP contribution in [-0.4, -0.2) is 45.2 Å². The highest BCUT2D eigenvalue weighted by molar-refractivity contribution is 7.91. The molecular formula is C21H24N4O2S2. The first-order chi connectivity index (χ1) is 13.9. The van der Waals surface area contributed by atoms with Crippen molar-refractivity contribution in [3.63, 3.8) is 0 Å².